The standard InChI is InChI=1S/C25H31NO3/c1-24-13-11-19-17(7-10-21-25(19,2)14-12-22(28)26-21)18(24)8-9-20(24)23(29)15-3-5-16(27)6-4-15/h3-6,12,14,17-21,27H,7-11,13H2,1-2H3,(H,26,28)/t17-,18-,19-,20+,21+,24-,25+/m0/s1. The van der Waals surface area contributed by atoms with Crippen LogP contribution in [0.4, 0.5) is 0 Å². The van der Waals surface area contributed by atoms with Crippen LogP contribution in [0.25, 0.3) is 0 Å². The van der Waals surface area contributed by atoms with Crippen molar-refractivity contribution in [2.24, 2.45) is 34.5 Å². The van der Waals surface area contributed by atoms with E-state index in [1.54, 1.807) is 30.3 Å². The first kappa shape index (κ1) is 18.9. The lowest BCUT2D eigenvalue weighted by atomic mass is 9.47. The largest absolute Gasteiger partial charge is 0.508 e. The van der Waals surface area contributed by atoms with E-state index in [-0.39, 0.29) is 40.2 Å². The smallest absolute Gasteiger partial charge is 0.243 e. The average Bonchev–Trinajstić information content (AvgIpc) is 3.06. The lowest BCUT2D eigenvalue weighted by Gasteiger charge is -2.58. The Kier molecular flexibility index (Phi) is 4.20. The van der Waals surface area contributed by atoms with E-state index in [1.807, 2.05) is 0 Å². The van der Waals surface area contributed by atoms with Gasteiger partial charge >= 0.3 is 0 Å². The van der Waals surface area contributed by atoms with Gasteiger partial charge in [-0.15, -0.1) is 0 Å². The van der Waals surface area contributed by atoms with Gasteiger partial charge < -0.3 is 10.4 Å². The first-order valence-corrected chi connectivity index (χ1v) is 11.2. The minimum atomic E-state index is 0.0389. The van der Waals surface area contributed by atoms with Crippen LogP contribution in [0.2, 0.25) is 0 Å². The number of rotatable bonds is 2. The van der Waals surface area contributed by atoms with E-state index >= 15 is 0 Å². The zero-order valence-corrected chi connectivity index (χ0v) is 17.4. The van der Waals surface area contributed by atoms with Crippen molar-refractivity contribution >= 4 is 11.7 Å². The Hall–Kier alpha value is -2.10. The molecule has 2 N–H and O–H groups in total. The molecule has 1 aromatic rings. The summed E-state index contributed by atoms with van der Waals surface area (Å²) in [5, 5.41) is 12.8. The van der Waals surface area contributed by atoms with Crippen LogP contribution in [-0.2, 0) is 4.79 Å². The van der Waals surface area contributed by atoms with E-state index < -0.39 is 0 Å². The van der Waals surface area contributed by atoms with Crippen molar-refractivity contribution in [3.8, 4) is 5.75 Å². The molecule has 5 rings (SSSR count). The normalized spacial score (nSPS) is 43.1. The molecule has 0 spiro atoms. The number of carbonyl (C=O) groups is 2. The van der Waals surface area contributed by atoms with Gasteiger partial charge in [0.15, 0.2) is 5.78 Å². The summed E-state index contributed by atoms with van der Waals surface area (Å²) in [5.41, 5.74) is 0.823. The number of phenolic OH excluding ortho intramolecular Hbond substituents is 1. The molecule has 0 saturated heterocycles. The summed E-state index contributed by atoms with van der Waals surface area (Å²) in [6.45, 7) is 4.69. The summed E-state index contributed by atoms with van der Waals surface area (Å²) in [4.78, 5) is 25.2. The van der Waals surface area contributed by atoms with Crippen LogP contribution in [0, 0.1) is 34.5 Å². The Balaban J connectivity index is 1.42. The Morgan fingerprint density at radius 3 is 2.55 bits per heavy atom. The number of Topliss-reactive ketones (excluding diaryl/α,β-unsaturated/α-hetero) is 1. The van der Waals surface area contributed by atoms with Gasteiger partial charge in [0.05, 0.1) is 0 Å². The lowest BCUT2D eigenvalue weighted by Crippen LogP contribution is -2.59. The molecule has 1 heterocycles. The van der Waals surface area contributed by atoms with Gasteiger partial charge in [-0.2, -0.15) is 0 Å². The third kappa shape index (κ3) is 2.71. The van der Waals surface area contributed by atoms with Gasteiger partial charge in [0.1, 0.15) is 5.75 Å². The number of fused-ring (bicyclic) bond motifs is 5. The Labute approximate surface area is 172 Å². The van der Waals surface area contributed by atoms with Crippen molar-refractivity contribution in [2.75, 3.05) is 0 Å². The number of amides is 1. The maximum absolute atomic E-state index is 13.4. The van der Waals surface area contributed by atoms with E-state index in [2.05, 4.69) is 25.2 Å². The zero-order chi connectivity index (χ0) is 20.4. The number of nitrogens with one attached hydrogen (secondary N) is 1. The summed E-state index contributed by atoms with van der Waals surface area (Å²) < 4.78 is 0. The maximum Gasteiger partial charge on any atom is 0.243 e. The second-order valence-electron chi connectivity index (χ2n) is 10.3. The number of hydrogen-bond donors (Lipinski definition) is 2. The maximum atomic E-state index is 13.4. The van der Waals surface area contributed by atoms with E-state index in [9.17, 15) is 14.7 Å². The van der Waals surface area contributed by atoms with E-state index in [0.29, 0.717) is 17.8 Å². The number of hydrogen-bond acceptors (Lipinski definition) is 3. The highest BCUT2D eigenvalue weighted by atomic mass is 16.3. The summed E-state index contributed by atoms with van der Waals surface area (Å²) in [5.74, 6) is 2.37. The molecular formula is C25H31NO3. The topological polar surface area (TPSA) is 66.4 Å². The summed E-state index contributed by atoms with van der Waals surface area (Å²) in [6.07, 6.45) is 10.4. The predicted molar refractivity (Wildman–Crippen MR) is 111 cm³/mol. The van der Waals surface area contributed by atoms with Crippen LogP contribution in [0.15, 0.2) is 36.4 Å². The third-order valence-corrected chi connectivity index (χ3v) is 9.15. The molecule has 0 aromatic heterocycles. The monoisotopic (exact) mass is 393 g/mol. The predicted octanol–water partition coefficient (Wildman–Crippen LogP) is 4.49. The Morgan fingerprint density at radius 2 is 1.79 bits per heavy atom. The van der Waals surface area contributed by atoms with Gasteiger partial charge in [-0.3, -0.25) is 9.59 Å². The van der Waals surface area contributed by atoms with Gasteiger partial charge in [-0.05, 0) is 92.0 Å². The molecule has 0 radical (unpaired) electrons. The van der Waals surface area contributed by atoms with Crippen molar-refractivity contribution in [3.63, 3.8) is 0 Å². The highest BCUT2D eigenvalue weighted by molar-refractivity contribution is 5.98. The molecule has 3 saturated carbocycles. The summed E-state index contributed by atoms with van der Waals surface area (Å²) in [7, 11) is 0. The van der Waals surface area contributed by atoms with Crippen molar-refractivity contribution in [1.29, 1.82) is 0 Å². The molecule has 0 bridgehead atoms. The van der Waals surface area contributed by atoms with Crippen LogP contribution in [-0.4, -0.2) is 22.8 Å². The molecular weight excluding hydrogens is 362 g/mol. The SMILES string of the molecule is C[C@]12C=CC(=O)N[C@@H]1CC[C@@H]1[C@@H]2CC[C@]2(C)[C@@H](C(=O)c3ccc(O)cc3)CC[C@@H]12. The molecule has 7 atom stereocenters. The van der Waals surface area contributed by atoms with Gasteiger partial charge in [0, 0.05) is 22.9 Å². The van der Waals surface area contributed by atoms with E-state index in [0.717, 1.165) is 44.1 Å². The second-order valence-corrected chi connectivity index (χ2v) is 10.3. The van der Waals surface area contributed by atoms with Crippen molar-refractivity contribution in [1.82, 2.24) is 5.32 Å². The highest BCUT2D eigenvalue weighted by Gasteiger charge is 2.60. The van der Waals surface area contributed by atoms with Crippen LogP contribution >= 0.6 is 0 Å². The fourth-order valence-electron chi connectivity index (χ4n) is 7.59. The van der Waals surface area contributed by atoms with Gasteiger partial charge in [-0.1, -0.05) is 19.9 Å². The molecule has 29 heavy (non-hydrogen) atoms. The second kappa shape index (κ2) is 6.45. The third-order valence-electron chi connectivity index (χ3n) is 9.15. The van der Waals surface area contributed by atoms with E-state index in [4.69, 9.17) is 0 Å². The molecule has 4 heteroatoms. The zero-order valence-electron chi connectivity index (χ0n) is 17.4. The number of aromatic hydroxyl groups is 1. The highest BCUT2D eigenvalue weighted by Crippen LogP contribution is 2.65. The number of carbonyl (C=O) groups excluding carboxylic acids is 2. The Morgan fingerprint density at radius 1 is 1.03 bits per heavy atom. The van der Waals surface area contributed by atoms with Crippen molar-refractivity contribution in [3.05, 3.63) is 42.0 Å². The minimum absolute atomic E-state index is 0.0389. The fraction of sp³-hybridized carbons (Fsp3) is 0.600. The minimum Gasteiger partial charge on any atom is -0.508 e. The van der Waals surface area contributed by atoms with E-state index in [1.165, 1.54) is 0 Å². The van der Waals surface area contributed by atoms with Gasteiger partial charge in [-0.25, -0.2) is 0 Å². The molecule has 1 aliphatic heterocycles. The molecule has 1 amide bonds. The number of benzene rings is 1. The van der Waals surface area contributed by atoms with Crippen LogP contribution in [0.5, 0.6) is 5.75 Å². The molecule has 1 aromatic carbocycles. The molecule has 4 nitrogen and oxygen atoms in total. The van der Waals surface area contributed by atoms with Crippen molar-refractivity contribution in [2.45, 2.75) is 58.4 Å². The average molecular weight is 394 g/mol. The molecule has 3 fully saturated rings. The van der Waals surface area contributed by atoms with Crippen LogP contribution in [0.1, 0.15) is 62.7 Å². The van der Waals surface area contributed by atoms with Crippen LogP contribution in [0.3, 0.4) is 0 Å². The van der Waals surface area contributed by atoms with Gasteiger partial charge in [0.2, 0.25) is 5.91 Å². The molecule has 154 valence electrons. The number of ketones is 1. The summed E-state index contributed by atoms with van der Waals surface area (Å²) >= 11 is 0. The summed E-state index contributed by atoms with van der Waals surface area (Å²) in [6, 6.07) is 7.01. The van der Waals surface area contributed by atoms with Crippen LogP contribution < -0.4 is 5.32 Å². The first-order chi connectivity index (χ1) is 13.8. The quantitative estimate of drug-likeness (QED) is 0.728. The molecule has 0 unspecified atom stereocenters. The lowest BCUT2D eigenvalue weighted by molar-refractivity contribution is -0.122. The molecule has 3 aliphatic carbocycles. The molecule has 4 aliphatic rings. The van der Waals surface area contributed by atoms with Crippen molar-refractivity contribution < 1.29 is 14.7 Å². The van der Waals surface area contributed by atoms with Gasteiger partial charge in [0.25, 0.3) is 0 Å². The Bertz CT molecular complexity index is 875. The fourth-order valence-corrected chi connectivity index (χ4v) is 7.59. The first-order valence-electron chi connectivity index (χ1n) is 11.2. The number of phenols is 1.